The monoisotopic (exact) mass is 1870 g/mol. The second kappa shape index (κ2) is 40.0. The van der Waals surface area contributed by atoms with Crippen LogP contribution >= 0.6 is 67.5 Å². The number of nitrogens with zero attached hydrogens (tertiary/aromatic N) is 5. The molecule has 23 rings (SSSR count). The summed E-state index contributed by atoms with van der Waals surface area (Å²) in [6.45, 7) is 11.5. The third kappa shape index (κ3) is 18.5. The van der Waals surface area contributed by atoms with Crippen LogP contribution in [-0.2, 0) is 43.1 Å². The molecular weight excluding hydrogens is 1760 g/mol. The Morgan fingerprint density at radius 2 is 0.859 bits per heavy atom. The summed E-state index contributed by atoms with van der Waals surface area (Å²) in [7, 11) is 2.91. The molecule has 128 heavy (non-hydrogen) atoms. The Balaban J connectivity index is 0.000000160. The van der Waals surface area contributed by atoms with Crippen molar-refractivity contribution in [3.8, 4) is 17.2 Å². The number of likely N-dealkylation sites (tertiary alicyclic amines) is 3. The average molecular weight is 1880 g/mol. The fourth-order valence-corrected chi connectivity index (χ4v) is 23.5. The number of benzene rings is 6. The van der Waals surface area contributed by atoms with Crippen molar-refractivity contribution >= 4 is 124 Å². The highest BCUT2D eigenvalue weighted by atomic mass is 32.1. The highest BCUT2D eigenvalue weighted by Gasteiger charge is 2.77. The van der Waals surface area contributed by atoms with E-state index in [1.54, 1.807) is 0 Å². The van der Waals surface area contributed by atoms with Crippen LogP contribution < -0.4 is 25.3 Å². The molecule has 9 saturated carbocycles. The molecule has 5 aliphatic heterocycles. The second-order valence-corrected chi connectivity index (χ2v) is 37.1. The van der Waals surface area contributed by atoms with Crippen molar-refractivity contribution < 1.29 is 82.4 Å². The van der Waals surface area contributed by atoms with Gasteiger partial charge in [0.05, 0.1) is 68.1 Å². The van der Waals surface area contributed by atoms with Crippen molar-refractivity contribution in [2.45, 2.75) is 201 Å². The predicted molar refractivity (Wildman–Crippen MR) is 500 cm³/mol. The number of rotatable bonds is 27. The van der Waals surface area contributed by atoms with E-state index in [1.165, 1.54) is 55.0 Å². The molecule has 0 radical (unpaired) electrons. The normalized spacial score (nSPS) is 28.0. The topological polar surface area (TPSA) is 216 Å². The fraction of sp³-hybridized carbons (Fsp3) is 0.516. The average Bonchev–Trinajstić information content (AvgIpc) is 1.14. The number of carbonyl (C=O) groups excluding carboxylic acids is 4. The number of primary amides is 1. The third-order valence-electron chi connectivity index (χ3n) is 28.6. The summed E-state index contributed by atoms with van der Waals surface area (Å²) in [5, 5.41) is 7.19. The van der Waals surface area contributed by atoms with Crippen LogP contribution in [0.4, 0.5) is 39.5 Å². The van der Waals surface area contributed by atoms with Crippen molar-refractivity contribution in [3.05, 3.63) is 195 Å². The van der Waals surface area contributed by atoms with E-state index in [0.29, 0.717) is 103 Å². The number of alkyl halides is 3. The summed E-state index contributed by atoms with van der Waals surface area (Å²) in [6.07, 6.45) is 14.4. The number of fused-ring (bicyclic) bond motifs is 7. The molecule has 14 aliphatic rings. The van der Waals surface area contributed by atoms with E-state index in [4.69, 9.17) is 29.4 Å². The number of halogens is 9. The summed E-state index contributed by atoms with van der Waals surface area (Å²) in [5.41, 5.74) is 11.8. The Morgan fingerprint density at radius 1 is 0.508 bits per heavy atom. The highest BCUT2D eigenvalue weighted by molar-refractivity contribution is 7.60. The van der Waals surface area contributed by atoms with Crippen LogP contribution in [0.15, 0.2) is 115 Å². The van der Waals surface area contributed by atoms with Gasteiger partial charge >= 0.3 is 11.9 Å². The number of hydrogen-bond donors (Lipinski definition) is 5. The number of para-hydroxylation sites is 3. The first kappa shape index (κ1) is 99.3. The first-order chi connectivity index (χ1) is 59.2. The number of methoxy groups -OCH3 is 2. The van der Waals surface area contributed by atoms with Crippen molar-refractivity contribution in [1.82, 2.24) is 44.8 Å². The maximum absolute atomic E-state index is 16.2. The lowest BCUT2D eigenvalue weighted by Gasteiger charge is -2.74. The smallest absolute Gasteiger partial charge is 0.312 e. The van der Waals surface area contributed by atoms with E-state index in [9.17, 15) is 41.1 Å². The lowest BCUT2D eigenvalue weighted by molar-refractivity contribution is -0.248. The van der Waals surface area contributed by atoms with Gasteiger partial charge in [-0.2, -0.15) is 67.5 Å². The molecule has 8 heterocycles. The van der Waals surface area contributed by atoms with E-state index in [2.05, 4.69) is 108 Å². The minimum atomic E-state index is -0.928. The summed E-state index contributed by atoms with van der Waals surface area (Å²) in [4.78, 5) is 68.0. The minimum Gasteiger partial charge on any atom is -0.489 e. The summed E-state index contributed by atoms with van der Waals surface area (Å²) >= 11 is 0. The highest BCUT2D eigenvalue weighted by Crippen LogP contribution is 2.74. The number of aromatic nitrogens is 3. The molecule has 19 nitrogen and oxygen atoms in total. The molecule has 696 valence electrons. The molecule has 9 aliphatic carbocycles. The van der Waals surface area contributed by atoms with Crippen molar-refractivity contribution in [2.75, 3.05) is 93.1 Å². The molecule has 12 fully saturated rings. The number of aldehydes is 1. The van der Waals surface area contributed by atoms with Gasteiger partial charge in [0.2, 0.25) is 5.91 Å². The zero-order valence-corrected chi connectivity index (χ0v) is 77.8. The number of aromatic amines is 3. The van der Waals surface area contributed by atoms with Gasteiger partial charge in [0.1, 0.15) is 70.5 Å². The number of nitrogens with one attached hydrogen (secondary N) is 4. The van der Waals surface area contributed by atoms with E-state index >= 15 is 17.6 Å². The second-order valence-electron chi connectivity index (χ2n) is 37.1. The number of amides is 1. The Bertz CT molecular complexity index is 5370. The Kier molecular flexibility index (Phi) is 31.0. The van der Waals surface area contributed by atoms with Crippen LogP contribution in [0.5, 0.6) is 17.2 Å². The minimum absolute atomic E-state index is 0. The molecule has 3 saturated heterocycles. The molecule has 6 bridgehead atoms. The summed E-state index contributed by atoms with van der Waals surface area (Å²) in [5.74, 6) is -4.53. The number of hydrogen-bond acceptors (Lipinski definition) is 15. The molecule has 8 atom stereocenters. The molecule has 0 spiro atoms. The maximum atomic E-state index is 16.2. The number of nitrogens with two attached hydrogens (primary N) is 1. The predicted octanol–water partition coefficient (Wildman–Crippen LogP) is 16.6. The standard InChI is InChI=1S/C32H36F3N3O3.C31H35F3N4O2.C18H22N2O2.C14H16F3NO2.5H2S/c1-19-12-23-22-6-3-4-7-26(22)36-28(23)29(38(19)32-16-31(17-32,18-32)30(39)40-2)27-24(34)13-21(14-25(27)35)41-20-8-11-37(15-20)10-5-9-33;1-18-11-22-21-5-2-3-6-25(21)36-27(22)28(38(18)31-15-30(16-31,17-31)29(35)39)26-23(33)12-20(13-24(26)34)40-19-7-10-37(14-19)9-4-8-32;1-12(7-13-8-19-15-6-4-3-5-14(13)15)20-18-9-17(10-18,11-18)16(21)22-2;15-3-1-4-18-5-2-10(8-18)20-11-6-13(16)12(9-19)14(17)7-11;;;;;/h3-4,6-7,13-14,19-20,29,36H,5,8-12,15-18H2,1-2H3;2-3,5-6,12-13,18-19,28,36H,4,7-11,14-17H2,1H3,(H2,35,39);3-6,8,12,19-20H,7,9-11H2,1-2H3;6-7,9-10H,1-5,8H2;5*1H2/t19-,20?,29-,31?,32?;18-,19?,28-,30?,31?;12-,17?,18?;;;;;;/m000....../s1. The number of H-pyrrole nitrogens is 3. The number of carbonyl (C=O) groups is 4. The van der Waals surface area contributed by atoms with E-state index < -0.39 is 63.4 Å². The van der Waals surface area contributed by atoms with Crippen LogP contribution in [0.1, 0.15) is 179 Å². The molecule has 3 unspecified atom stereocenters. The number of ether oxygens (including phenoxy) is 5. The first-order valence-corrected chi connectivity index (χ1v) is 43.5. The van der Waals surface area contributed by atoms with Gasteiger partial charge in [-0.1, -0.05) is 54.6 Å². The fourth-order valence-electron chi connectivity index (χ4n) is 23.5. The molecule has 9 aromatic rings. The largest absolute Gasteiger partial charge is 0.489 e. The SMILES string of the molecule is COC(=O)C12CC(N3[C@@H](c4c(F)cc(OC5CCN(CCCF)C5)cc4F)c4[nH]c5ccccc5c4C[C@@H]3C)(C1)C2.COC(=O)C12CC(N[C@@H](C)Cc3c[nH]c4ccccc34)(C1)C2.C[C@H]1Cc2c([nH]c3ccccc23)[C@H](c2c(F)cc(OC3CCN(CCCF)C3)cc2F)N1C12CC(C(N)=O)(C1)C2.O=Cc1c(F)cc(OC2CCN(CCCF)C2)cc1F.S.S.S.S.S. The van der Waals surface area contributed by atoms with Crippen LogP contribution in [0, 0.1) is 51.1 Å². The third-order valence-corrected chi connectivity index (χ3v) is 28.6. The van der Waals surface area contributed by atoms with Crippen molar-refractivity contribution in [1.29, 1.82) is 0 Å². The van der Waals surface area contributed by atoms with Gasteiger partial charge in [-0.3, -0.25) is 56.8 Å². The molecule has 33 heteroatoms. The number of esters is 2. The summed E-state index contributed by atoms with van der Waals surface area (Å²) < 4.78 is 156. The Morgan fingerprint density at radius 3 is 1.23 bits per heavy atom. The lowest BCUT2D eigenvalue weighted by Crippen LogP contribution is -2.79. The van der Waals surface area contributed by atoms with Crippen LogP contribution in [-0.4, -0.2) is 210 Å². The van der Waals surface area contributed by atoms with Crippen molar-refractivity contribution in [3.63, 3.8) is 0 Å². The van der Waals surface area contributed by atoms with Crippen LogP contribution in [0.3, 0.4) is 0 Å². The maximum Gasteiger partial charge on any atom is 0.312 e. The quantitative estimate of drug-likeness (QED) is 0.0184. The van der Waals surface area contributed by atoms with Gasteiger partial charge in [-0.25, -0.2) is 26.3 Å². The van der Waals surface area contributed by atoms with Gasteiger partial charge in [0.15, 0.2) is 6.29 Å². The van der Waals surface area contributed by atoms with Gasteiger partial charge in [0, 0.05) is 191 Å². The van der Waals surface area contributed by atoms with Crippen LogP contribution in [0.25, 0.3) is 32.7 Å². The molecular formula is C95H119F9N10O9S5. The zero-order valence-electron chi connectivity index (χ0n) is 72.8. The van der Waals surface area contributed by atoms with E-state index in [-0.39, 0.29) is 192 Å². The van der Waals surface area contributed by atoms with Crippen molar-refractivity contribution in [2.24, 2.45) is 22.0 Å². The molecule has 1 amide bonds. The molecule has 6 aromatic carbocycles. The Labute approximate surface area is 775 Å². The molecule has 3 aromatic heterocycles. The van der Waals surface area contributed by atoms with E-state index in [0.717, 1.165) is 134 Å². The van der Waals surface area contributed by atoms with Gasteiger partial charge < -0.3 is 49.7 Å². The van der Waals surface area contributed by atoms with Gasteiger partial charge in [0.25, 0.3) is 0 Å². The lowest BCUT2D eigenvalue weighted by atomic mass is 9.38. The van der Waals surface area contributed by atoms with Crippen LogP contribution in [0.2, 0.25) is 0 Å². The van der Waals surface area contributed by atoms with Gasteiger partial charge in [-0.15, -0.1) is 0 Å². The summed E-state index contributed by atoms with van der Waals surface area (Å²) in [6, 6.07) is 30.7. The first-order valence-electron chi connectivity index (χ1n) is 43.5. The van der Waals surface area contributed by atoms with E-state index in [1.807, 2.05) is 36.4 Å². The Hall–Kier alpha value is -7.70. The zero-order chi connectivity index (χ0) is 86.2. The molecule has 6 N–H and O–H groups in total. The van der Waals surface area contributed by atoms with Gasteiger partial charge in [-0.05, 0) is 171 Å².